The minimum absolute atomic E-state index is 0.604. The van der Waals surface area contributed by atoms with Crippen LogP contribution in [0.5, 0.6) is 0 Å². The van der Waals surface area contributed by atoms with E-state index in [1.165, 1.54) is 12.1 Å². The Morgan fingerprint density at radius 1 is 1.00 bits per heavy atom. The highest BCUT2D eigenvalue weighted by Crippen LogP contribution is 2.32. The van der Waals surface area contributed by atoms with Gasteiger partial charge in [-0.25, -0.2) is 4.98 Å². The van der Waals surface area contributed by atoms with E-state index in [9.17, 15) is 13.2 Å². The predicted molar refractivity (Wildman–Crippen MR) is 78.9 cm³/mol. The minimum Gasteiger partial charge on any atom is -0.368 e. The fourth-order valence-corrected chi connectivity index (χ4v) is 2.57. The van der Waals surface area contributed by atoms with E-state index >= 15 is 0 Å². The summed E-state index contributed by atoms with van der Waals surface area (Å²) in [6.45, 7) is 2.80. The lowest BCUT2D eigenvalue weighted by Crippen LogP contribution is -2.46. The number of piperazine rings is 1. The number of rotatable bonds is 2. The van der Waals surface area contributed by atoms with Crippen molar-refractivity contribution in [1.29, 1.82) is 0 Å². The van der Waals surface area contributed by atoms with Crippen molar-refractivity contribution in [3.05, 3.63) is 54.2 Å². The third kappa shape index (κ3) is 3.16. The molecule has 2 heterocycles. The van der Waals surface area contributed by atoms with E-state index in [0.29, 0.717) is 18.8 Å². The van der Waals surface area contributed by atoms with Crippen molar-refractivity contribution in [2.45, 2.75) is 6.18 Å². The summed E-state index contributed by atoms with van der Waals surface area (Å²) in [7, 11) is 0. The maximum absolute atomic E-state index is 12.8. The Kier molecular flexibility index (Phi) is 3.92. The van der Waals surface area contributed by atoms with Gasteiger partial charge in [-0.3, -0.25) is 0 Å². The second kappa shape index (κ2) is 5.87. The molecule has 6 heteroatoms. The third-order valence-electron chi connectivity index (χ3n) is 3.74. The molecule has 0 spiro atoms. The van der Waals surface area contributed by atoms with Crippen molar-refractivity contribution in [2.24, 2.45) is 0 Å². The average molecular weight is 306 g/mol. The molecule has 1 aliphatic rings. The smallest absolute Gasteiger partial charge is 0.368 e. The van der Waals surface area contributed by atoms with Crippen LogP contribution in [0.3, 0.4) is 0 Å². The van der Waals surface area contributed by atoms with Crippen molar-refractivity contribution < 1.29 is 13.2 Å². The summed E-state index contributed by atoms with van der Waals surface area (Å²) in [6, 6.07) is 12.1. The summed E-state index contributed by atoms with van der Waals surface area (Å²) in [5, 5.41) is 0. The van der Waals surface area contributed by atoms with Crippen molar-refractivity contribution in [1.82, 2.24) is 4.98 Å². The van der Waals surface area contributed by atoms with Crippen LogP contribution in [0, 0.1) is 6.07 Å². The Morgan fingerprint density at radius 2 is 1.73 bits per heavy atom. The van der Waals surface area contributed by atoms with Gasteiger partial charge in [0.15, 0.2) is 0 Å². The van der Waals surface area contributed by atoms with Crippen LogP contribution in [-0.4, -0.2) is 31.2 Å². The summed E-state index contributed by atoms with van der Waals surface area (Å²) >= 11 is 0. The van der Waals surface area contributed by atoms with Crippen LogP contribution in [0.25, 0.3) is 0 Å². The molecule has 3 rings (SSSR count). The van der Waals surface area contributed by atoms with E-state index in [4.69, 9.17) is 0 Å². The lowest BCUT2D eigenvalue weighted by Gasteiger charge is -2.36. The standard InChI is InChI=1S/C16H15F3N3/c17-16(18,19)13-4-3-5-14(12-13)21-8-10-22(11-9-21)15-6-1-2-7-20-15/h1,3-7,12H,8-11H2. The molecule has 22 heavy (non-hydrogen) atoms. The van der Waals surface area contributed by atoms with Gasteiger partial charge in [-0.2, -0.15) is 13.2 Å². The van der Waals surface area contributed by atoms with Gasteiger partial charge < -0.3 is 9.80 Å². The third-order valence-corrected chi connectivity index (χ3v) is 3.74. The second-order valence-corrected chi connectivity index (χ2v) is 5.14. The largest absolute Gasteiger partial charge is 0.416 e. The Balaban J connectivity index is 1.69. The number of halogens is 3. The molecular weight excluding hydrogens is 291 g/mol. The van der Waals surface area contributed by atoms with Gasteiger partial charge in [0.25, 0.3) is 0 Å². The van der Waals surface area contributed by atoms with Gasteiger partial charge in [-0.15, -0.1) is 0 Å². The monoisotopic (exact) mass is 306 g/mol. The topological polar surface area (TPSA) is 19.4 Å². The van der Waals surface area contributed by atoms with E-state index in [1.54, 1.807) is 12.3 Å². The Morgan fingerprint density at radius 3 is 2.36 bits per heavy atom. The van der Waals surface area contributed by atoms with Gasteiger partial charge in [0.1, 0.15) is 5.82 Å². The Labute approximate surface area is 127 Å². The normalized spacial score (nSPS) is 16.0. The maximum atomic E-state index is 12.8. The molecule has 0 N–H and O–H groups in total. The number of nitrogens with zero attached hydrogens (tertiary/aromatic N) is 3. The first-order valence-corrected chi connectivity index (χ1v) is 7.03. The SMILES string of the molecule is FC(F)(F)c1cccc(N2CCN(c3cc[c]cn3)CC2)c1. The number of hydrogen-bond donors (Lipinski definition) is 0. The molecule has 2 aromatic rings. The zero-order chi connectivity index (χ0) is 15.6. The minimum atomic E-state index is -4.30. The van der Waals surface area contributed by atoms with Gasteiger partial charge in [0.2, 0.25) is 0 Å². The van der Waals surface area contributed by atoms with Gasteiger partial charge in [-0.05, 0) is 30.3 Å². The van der Waals surface area contributed by atoms with E-state index in [1.807, 2.05) is 17.0 Å². The number of alkyl halides is 3. The molecule has 1 aliphatic heterocycles. The molecule has 0 saturated carbocycles. The fraction of sp³-hybridized carbons (Fsp3) is 0.312. The van der Waals surface area contributed by atoms with Gasteiger partial charge in [0, 0.05) is 44.1 Å². The molecule has 1 aromatic carbocycles. The number of pyridine rings is 1. The highest BCUT2D eigenvalue weighted by molar-refractivity contribution is 5.51. The van der Waals surface area contributed by atoms with Crippen molar-refractivity contribution in [3.8, 4) is 0 Å². The molecule has 0 bridgehead atoms. The molecule has 1 saturated heterocycles. The molecule has 0 amide bonds. The second-order valence-electron chi connectivity index (χ2n) is 5.14. The number of benzene rings is 1. The van der Waals surface area contributed by atoms with Crippen LogP contribution >= 0.6 is 0 Å². The number of hydrogen-bond acceptors (Lipinski definition) is 3. The number of anilines is 2. The molecule has 1 fully saturated rings. The van der Waals surface area contributed by atoms with E-state index in [-0.39, 0.29) is 0 Å². The summed E-state index contributed by atoms with van der Waals surface area (Å²) in [6.07, 6.45) is -2.68. The zero-order valence-electron chi connectivity index (χ0n) is 11.8. The average Bonchev–Trinajstić information content (AvgIpc) is 2.55. The van der Waals surface area contributed by atoms with E-state index < -0.39 is 11.7 Å². The summed E-state index contributed by atoms with van der Waals surface area (Å²) in [5.41, 5.74) is 0.0107. The quantitative estimate of drug-likeness (QED) is 0.849. The summed E-state index contributed by atoms with van der Waals surface area (Å²) in [5.74, 6) is 0.877. The summed E-state index contributed by atoms with van der Waals surface area (Å²) < 4.78 is 38.3. The first-order chi connectivity index (χ1) is 10.5. The Bertz CT molecular complexity index is 620. The zero-order valence-corrected chi connectivity index (χ0v) is 11.8. The van der Waals surface area contributed by atoms with Crippen molar-refractivity contribution in [2.75, 3.05) is 36.0 Å². The van der Waals surface area contributed by atoms with Crippen LogP contribution in [0.15, 0.2) is 42.6 Å². The van der Waals surface area contributed by atoms with Crippen molar-refractivity contribution in [3.63, 3.8) is 0 Å². The summed E-state index contributed by atoms with van der Waals surface area (Å²) in [4.78, 5) is 8.35. The van der Waals surface area contributed by atoms with Crippen molar-refractivity contribution >= 4 is 11.5 Å². The van der Waals surface area contributed by atoms with Crippen LogP contribution in [0.4, 0.5) is 24.7 Å². The first-order valence-electron chi connectivity index (χ1n) is 7.03. The molecule has 0 atom stereocenters. The van der Waals surface area contributed by atoms with Gasteiger partial charge in [-0.1, -0.05) is 6.07 Å². The lowest BCUT2D eigenvalue weighted by molar-refractivity contribution is -0.137. The van der Waals surface area contributed by atoms with Crippen LogP contribution in [0.1, 0.15) is 5.56 Å². The molecule has 1 aromatic heterocycles. The van der Waals surface area contributed by atoms with Gasteiger partial charge >= 0.3 is 6.18 Å². The molecular formula is C16H15F3N3. The molecule has 1 radical (unpaired) electrons. The van der Waals surface area contributed by atoms with Crippen LogP contribution in [0.2, 0.25) is 0 Å². The van der Waals surface area contributed by atoms with E-state index in [2.05, 4.69) is 16.0 Å². The van der Waals surface area contributed by atoms with Crippen LogP contribution < -0.4 is 9.80 Å². The van der Waals surface area contributed by atoms with Gasteiger partial charge in [0.05, 0.1) is 5.56 Å². The fourth-order valence-electron chi connectivity index (χ4n) is 2.57. The van der Waals surface area contributed by atoms with E-state index in [0.717, 1.165) is 25.0 Å². The number of aromatic nitrogens is 1. The molecule has 3 nitrogen and oxygen atoms in total. The van der Waals surface area contributed by atoms with Crippen LogP contribution in [-0.2, 0) is 6.18 Å². The molecule has 115 valence electrons. The molecule has 0 aliphatic carbocycles. The maximum Gasteiger partial charge on any atom is 0.416 e. The highest BCUT2D eigenvalue weighted by atomic mass is 19.4. The Hall–Kier alpha value is -2.24. The highest BCUT2D eigenvalue weighted by Gasteiger charge is 2.31. The molecule has 0 unspecified atom stereocenters. The first kappa shape index (κ1) is 14.7. The predicted octanol–water partition coefficient (Wildman–Crippen LogP) is 3.23. The lowest BCUT2D eigenvalue weighted by atomic mass is 10.1.